The summed E-state index contributed by atoms with van der Waals surface area (Å²) in [5, 5.41) is 20.1. The molecule has 0 aliphatic carbocycles. The van der Waals surface area contributed by atoms with Crippen LogP contribution in [0.5, 0.6) is 0 Å². The summed E-state index contributed by atoms with van der Waals surface area (Å²) in [4.78, 5) is 17.7. The molecule has 1 aromatic carbocycles. The Kier molecular flexibility index (Phi) is 8.24. The predicted molar refractivity (Wildman–Crippen MR) is 137 cm³/mol. The summed E-state index contributed by atoms with van der Waals surface area (Å²) in [5.41, 5.74) is 10.4. The minimum atomic E-state index is -0.730. The number of carbonyl (C=O) groups is 1. The Morgan fingerprint density at radius 2 is 1.94 bits per heavy atom. The largest absolute Gasteiger partial charge is 0.463 e. The quantitative estimate of drug-likeness (QED) is 0.288. The molecule has 9 heteroatoms. The van der Waals surface area contributed by atoms with E-state index in [4.69, 9.17) is 15.2 Å². The molecule has 0 saturated carbocycles. The van der Waals surface area contributed by atoms with Gasteiger partial charge in [0.25, 0.3) is 0 Å². The van der Waals surface area contributed by atoms with Gasteiger partial charge in [-0.2, -0.15) is 10.5 Å². The van der Waals surface area contributed by atoms with Gasteiger partial charge >= 0.3 is 5.97 Å². The number of esters is 1. The number of rotatable bonds is 6. The van der Waals surface area contributed by atoms with Crippen LogP contribution in [0.4, 0.5) is 0 Å². The van der Waals surface area contributed by atoms with Gasteiger partial charge in [0, 0.05) is 9.26 Å². The maximum Gasteiger partial charge on any atom is 0.338 e. The number of nitriles is 2. The van der Waals surface area contributed by atoms with Gasteiger partial charge in [0.1, 0.15) is 28.5 Å². The molecular weight excluding hydrogens is 563 g/mol. The zero-order chi connectivity index (χ0) is 25.0. The number of hydrogen-bond acceptors (Lipinski definition) is 8. The van der Waals surface area contributed by atoms with Crippen LogP contribution in [0.25, 0.3) is 0 Å². The summed E-state index contributed by atoms with van der Waals surface area (Å²) >= 11 is 3.45. The molecule has 0 bridgehead atoms. The Hall–Kier alpha value is -3.02. The molecule has 1 atom stereocenters. The van der Waals surface area contributed by atoms with E-state index in [0.717, 1.165) is 26.0 Å². The molecular formula is C25H23IN4O3S. The Morgan fingerprint density at radius 1 is 1.24 bits per heavy atom. The smallest absolute Gasteiger partial charge is 0.338 e. The van der Waals surface area contributed by atoms with Crippen molar-refractivity contribution >= 4 is 40.3 Å². The number of pyridine rings is 1. The number of benzene rings is 1. The predicted octanol–water partition coefficient (Wildman–Crippen LogP) is 4.90. The van der Waals surface area contributed by atoms with Crippen LogP contribution in [0.3, 0.4) is 0 Å². The summed E-state index contributed by atoms with van der Waals surface area (Å²) in [7, 11) is 0. The van der Waals surface area contributed by atoms with Gasteiger partial charge in [-0.15, -0.1) is 0 Å². The highest BCUT2D eigenvalue weighted by Gasteiger charge is 2.38. The van der Waals surface area contributed by atoms with Gasteiger partial charge < -0.3 is 15.2 Å². The van der Waals surface area contributed by atoms with Crippen molar-refractivity contribution in [1.82, 2.24) is 4.98 Å². The topological polar surface area (TPSA) is 122 Å². The molecule has 0 fully saturated rings. The van der Waals surface area contributed by atoms with Gasteiger partial charge in [-0.05, 0) is 73.0 Å². The van der Waals surface area contributed by atoms with Crippen LogP contribution >= 0.6 is 34.4 Å². The van der Waals surface area contributed by atoms with Gasteiger partial charge in [0.05, 0.1) is 29.4 Å². The summed E-state index contributed by atoms with van der Waals surface area (Å²) in [6.07, 6.45) is 0. The highest BCUT2D eigenvalue weighted by molar-refractivity contribution is 14.1. The zero-order valence-electron chi connectivity index (χ0n) is 19.2. The third-order valence-corrected chi connectivity index (χ3v) is 7.58. The number of allylic oxidation sites excluding steroid dienone is 1. The molecule has 1 aromatic heterocycles. The van der Waals surface area contributed by atoms with Crippen LogP contribution in [0.15, 0.2) is 52.1 Å². The molecule has 0 amide bonds. The van der Waals surface area contributed by atoms with Crippen molar-refractivity contribution < 1.29 is 14.3 Å². The average Bonchev–Trinajstić information content (AvgIpc) is 2.81. The molecule has 2 heterocycles. The van der Waals surface area contributed by atoms with Crippen molar-refractivity contribution in [1.29, 1.82) is 10.5 Å². The van der Waals surface area contributed by atoms with Crippen LogP contribution in [-0.4, -0.2) is 23.3 Å². The lowest BCUT2D eigenvalue weighted by atomic mass is 9.83. The van der Waals surface area contributed by atoms with Gasteiger partial charge in [-0.25, -0.2) is 9.78 Å². The second kappa shape index (κ2) is 10.9. The van der Waals surface area contributed by atoms with E-state index < -0.39 is 11.9 Å². The van der Waals surface area contributed by atoms with Crippen molar-refractivity contribution in [2.45, 2.75) is 38.6 Å². The SMILES string of the molecule is CCOC(=O)C1=C(CSc2nc(C)c(C)c(C)c2C#N)OC(N)=C(C#N)[C@H]1c1ccccc1I. The zero-order valence-corrected chi connectivity index (χ0v) is 22.2. The fourth-order valence-electron chi connectivity index (χ4n) is 3.66. The molecule has 7 nitrogen and oxygen atoms in total. The highest BCUT2D eigenvalue weighted by Crippen LogP contribution is 2.42. The van der Waals surface area contributed by atoms with Gasteiger partial charge in [-0.1, -0.05) is 30.0 Å². The number of hydrogen-bond donors (Lipinski definition) is 1. The van der Waals surface area contributed by atoms with Gasteiger partial charge in [0.2, 0.25) is 5.88 Å². The minimum absolute atomic E-state index is 0.0551. The molecule has 0 saturated heterocycles. The number of halogens is 1. The number of carbonyl (C=O) groups excluding carboxylic acids is 1. The standard InChI is InChI=1S/C25H23IN4O3S/c1-5-32-25(31)22-20(12-34-24-17(10-27)14(3)13(2)15(4)30-24)33-23(29)18(11-28)21(22)16-8-6-7-9-19(16)26/h6-9,21H,5,12,29H2,1-4H3/t21-/m1/s1. The monoisotopic (exact) mass is 586 g/mol. The number of ether oxygens (including phenoxy) is 2. The van der Waals surface area contributed by atoms with Crippen LogP contribution in [0.1, 0.15) is 40.8 Å². The fraction of sp³-hybridized carbons (Fsp3) is 0.280. The molecule has 0 unspecified atom stereocenters. The van der Waals surface area contributed by atoms with Crippen molar-refractivity contribution in [3.63, 3.8) is 0 Å². The summed E-state index contributed by atoms with van der Waals surface area (Å²) in [6.45, 7) is 7.59. The summed E-state index contributed by atoms with van der Waals surface area (Å²) in [5.74, 6) is -0.900. The van der Waals surface area contributed by atoms with Crippen molar-refractivity contribution in [3.8, 4) is 12.1 Å². The second-order valence-corrected chi connectivity index (χ2v) is 9.66. The Bertz CT molecular complexity index is 1300. The van der Waals surface area contributed by atoms with Gasteiger partial charge in [0.15, 0.2) is 0 Å². The molecule has 3 rings (SSSR count). The first-order chi connectivity index (χ1) is 16.2. The first-order valence-corrected chi connectivity index (χ1v) is 12.5. The minimum Gasteiger partial charge on any atom is -0.463 e. The van der Waals surface area contributed by atoms with Crippen LogP contribution in [0.2, 0.25) is 0 Å². The highest BCUT2D eigenvalue weighted by atomic mass is 127. The molecule has 0 spiro atoms. The van der Waals surface area contributed by atoms with E-state index in [1.165, 1.54) is 11.8 Å². The lowest BCUT2D eigenvalue weighted by molar-refractivity contribution is -0.139. The average molecular weight is 586 g/mol. The fourth-order valence-corrected chi connectivity index (χ4v) is 5.38. The number of thioether (sulfide) groups is 1. The lowest BCUT2D eigenvalue weighted by Crippen LogP contribution is -2.27. The molecule has 1 aliphatic rings. The maximum absolute atomic E-state index is 13.1. The number of aryl methyl sites for hydroxylation is 1. The molecule has 1 aliphatic heterocycles. The van der Waals surface area contributed by atoms with E-state index in [2.05, 4.69) is 39.7 Å². The third-order valence-electron chi connectivity index (χ3n) is 5.62. The third kappa shape index (κ3) is 4.91. The Balaban J connectivity index is 2.14. The van der Waals surface area contributed by atoms with E-state index in [0.29, 0.717) is 10.6 Å². The first-order valence-electron chi connectivity index (χ1n) is 10.5. The first kappa shape index (κ1) is 25.6. The normalized spacial score (nSPS) is 15.4. The number of aromatic nitrogens is 1. The Labute approximate surface area is 216 Å². The van der Waals surface area contributed by atoms with E-state index in [1.54, 1.807) is 6.92 Å². The van der Waals surface area contributed by atoms with Crippen molar-refractivity contribution in [3.05, 3.63) is 78.6 Å². The summed E-state index contributed by atoms with van der Waals surface area (Å²) < 4.78 is 12.0. The van der Waals surface area contributed by atoms with Crippen molar-refractivity contribution in [2.24, 2.45) is 5.73 Å². The molecule has 2 aromatic rings. The van der Waals surface area contributed by atoms with E-state index in [-0.39, 0.29) is 35.1 Å². The van der Waals surface area contributed by atoms with Crippen LogP contribution < -0.4 is 5.73 Å². The van der Waals surface area contributed by atoms with Gasteiger partial charge in [-0.3, -0.25) is 0 Å². The summed E-state index contributed by atoms with van der Waals surface area (Å²) in [6, 6.07) is 11.8. The van der Waals surface area contributed by atoms with Crippen LogP contribution in [-0.2, 0) is 14.3 Å². The van der Waals surface area contributed by atoms with E-state index in [9.17, 15) is 15.3 Å². The van der Waals surface area contributed by atoms with Crippen LogP contribution in [0, 0.1) is 47.0 Å². The molecule has 0 radical (unpaired) electrons. The molecule has 34 heavy (non-hydrogen) atoms. The number of nitrogens with zero attached hydrogens (tertiary/aromatic N) is 3. The Morgan fingerprint density at radius 3 is 2.56 bits per heavy atom. The molecule has 2 N–H and O–H groups in total. The second-order valence-electron chi connectivity index (χ2n) is 7.53. The van der Waals surface area contributed by atoms with E-state index in [1.807, 2.05) is 45.0 Å². The molecule has 174 valence electrons. The number of nitrogens with two attached hydrogens (primary N) is 1. The lowest BCUT2D eigenvalue weighted by Gasteiger charge is -2.28. The van der Waals surface area contributed by atoms with E-state index >= 15 is 0 Å². The van der Waals surface area contributed by atoms with Crippen molar-refractivity contribution in [2.75, 3.05) is 12.4 Å². The maximum atomic E-state index is 13.1.